The van der Waals surface area contributed by atoms with Crippen molar-refractivity contribution in [2.75, 3.05) is 0 Å². The third-order valence-electron chi connectivity index (χ3n) is 4.44. The molecule has 0 spiro atoms. The topological polar surface area (TPSA) is 47.8 Å². The zero-order valence-electron chi connectivity index (χ0n) is 14.8. The molecule has 2 aromatic rings. The molecule has 124 valence electrons. The minimum Gasteiger partial charge on any atom is -0.296 e. The number of benzene rings is 1. The summed E-state index contributed by atoms with van der Waals surface area (Å²) in [4.78, 5) is 11.3. The summed E-state index contributed by atoms with van der Waals surface area (Å²) >= 11 is 0. The summed E-state index contributed by atoms with van der Waals surface area (Å²) in [5, 5.41) is 8.25. The summed E-state index contributed by atoms with van der Waals surface area (Å²) in [5.41, 5.74) is 4.08. The first-order valence-corrected chi connectivity index (χ1v) is 8.38. The number of carbonyl (C=O) groups is 1. The lowest BCUT2D eigenvalue weighted by Gasteiger charge is -2.19. The largest absolute Gasteiger partial charge is 0.296 e. The van der Waals surface area contributed by atoms with Gasteiger partial charge in [-0.1, -0.05) is 64.1 Å². The Bertz CT molecular complexity index is 646. The summed E-state index contributed by atoms with van der Waals surface area (Å²) in [5.74, 6) is 0.319. The lowest BCUT2D eigenvalue weighted by Crippen LogP contribution is -2.13. The number of carbonyl (C=O) groups excluding carboxylic acids is 1. The number of hydrogen-bond acceptors (Lipinski definition) is 3. The highest BCUT2D eigenvalue weighted by Gasteiger charge is 2.20. The van der Waals surface area contributed by atoms with E-state index in [9.17, 15) is 4.79 Å². The van der Waals surface area contributed by atoms with Gasteiger partial charge in [0.25, 0.3) is 0 Å². The Kier molecular flexibility index (Phi) is 5.34. The van der Waals surface area contributed by atoms with E-state index >= 15 is 0 Å². The molecular weight excluding hydrogens is 286 g/mol. The van der Waals surface area contributed by atoms with Gasteiger partial charge >= 0.3 is 0 Å². The monoisotopic (exact) mass is 313 g/mol. The van der Waals surface area contributed by atoms with E-state index in [0.717, 1.165) is 24.8 Å². The number of aromatic nitrogens is 3. The van der Waals surface area contributed by atoms with Crippen LogP contribution in [0.3, 0.4) is 0 Å². The molecule has 4 heteroatoms. The molecule has 0 unspecified atom stereocenters. The zero-order chi connectivity index (χ0) is 17.0. The molecule has 2 rings (SSSR count). The summed E-state index contributed by atoms with van der Waals surface area (Å²) < 4.78 is 1.88. The Morgan fingerprint density at radius 1 is 1.13 bits per heavy atom. The van der Waals surface area contributed by atoms with Gasteiger partial charge in [0.2, 0.25) is 0 Å². The molecule has 4 nitrogen and oxygen atoms in total. The van der Waals surface area contributed by atoms with Gasteiger partial charge in [0.1, 0.15) is 5.69 Å². The first-order chi connectivity index (χ1) is 10.9. The Morgan fingerprint density at radius 3 is 2.22 bits per heavy atom. The summed E-state index contributed by atoms with van der Waals surface area (Å²) in [6.45, 7) is 11.6. The van der Waals surface area contributed by atoms with Crippen molar-refractivity contribution in [1.82, 2.24) is 15.0 Å². The van der Waals surface area contributed by atoms with Gasteiger partial charge in [0.05, 0.1) is 12.2 Å². The predicted octanol–water partition coefficient (Wildman–Crippen LogP) is 4.34. The maximum Gasteiger partial charge on any atom is 0.172 e. The van der Waals surface area contributed by atoms with Gasteiger partial charge < -0.3 is 0 Å². The van der Waals surface area contributed by atoms with Gasteiger partial charge in [-0.3, -0.25) is 4.79 Å². The second-order valence-electron chi connectivity index (χ2n) is 7.10. The zero-order valence-corrected chi connectivity index (χ0v) is 14.8. The standard InChI is InChI=1S/C19H27N3O/c1-6-15(7-2)18-17(13-23)20-21-22(18)12-14-8-10-16(11-9-14)19(3,4)5/h8-11,13,15H,6-7,12H2,1-5H3. The fourth-order valence-electron chi connectivity index (χ4n) is 2.91. The van der Waals surface area contributed by atoms with E-state index in [1.165, 1.54) is 11.1 Å². The molecule has 0 atom stereocenters. The molecule has 0 aliphatic carbocycles. The van der Waals surface area contributed by atoms with Gasteiger partial charge in [0.15, 0.2) is 6.29 Å². The second kappa shape index (κ2) is 7.07. The molecule has 23 heavy (non-hydrogen) atoms. The van der Waals surface area contributed by atoms with Crippen LogP contribution in [-0.2, 0) is 12.0 Å². The van der Waals surface area contributed by atoms with Gasteiger partial charge in [-0.25, -0.2) is 4.68 Å². The molecular formula is C19H27N3O. The van der Waals surface area contributed by atoms with E-state index in [1.807, 2.05) is 4.68 Å². The first kappa shape index (κ1) is 17.4. The van der Waals surface area contributed by atoms with Crippen LogP contribution in [0.2, 0.25) is 0 Å². The van der Waals surface area contributed by atoms with Gasteiger partial charge in [0, 0.05) is 5.92 Å². The average Bonchev–Trinajstić information content (AvgIpc) is 2.91. The average molecular weight is 313 g/mol. The molecule has 0 saturated carbocycles. The first-order valence-electron chi connectivity index (χ1n) is 8.38. The fourth-order valence-corrected chi connectivity index (χ4v) is 2.91. The van der Waals surface area contributed by atoms with Crippen molar-refractivity contribution in [2.45, 2.75) is 65.3 Å². The highest BCUT2D eigenvalue weighted by molar-refractivity contribution is 5.73. The van der Waals surface area contributed by atoms with Crippen LogP contribution in [0.25, 0.3) is 0 Å². The van der Waals surface area contributed by atoms with Crippen molar-refractivity contribution in [1.29, 1.82) is 0 Å². The van der Waals surface area contributed by atoms with Crippen LogP contribution in [0.15, 0.2) is 24.3 Å². The maximum atomic E-state index is 11.3. The third kappa shape index (κ3) is 3.87. The van der Waals surface area contributed by atoms with Crippen LogP contribution in [0, 0.1) is 0 Å². The van der Waals surface area contributed by atoms with Crippen molar-refractivity contribution in [3.05, 3.63) is 46.8 Å². The van der Waals surface area contributed by atoms with Gasteiger partial charge in [-0.15, -0.1) is 5.10 Å². The summed E-state index contributed by atoms with van der Waals surface area (Å²) in [6, 6.07) is 8.62. The lowest BCUT2D eigenvalue weighted by atomic mass is 9.87. The molecule has 0 fully saturated rings. The Labute approximate surface area is 138 Å². The fraction of sp³-hybridized carbons (Fsp3) is 0.526. The molecule has 0 radical (unpaired) electrons. The van der Waals surface area contributed by atoms with Gasteiger partial charge in [-0.05, 0) is 29.4 Å². The van der Waals surface area contributed by atoms with Crippen LogP contribution < -0.4 is 0 Å². The number of hydrogen-bond donors (Lipinski definition) is 0. The van der Waals surface area contributed by atoms with E-state index in [1.54, 1.807) is 0 Å². The Hall–Kier alpha value is -1.97. The summed E-state index contributed by atoms with van der Waals surface area (Å²) in [6.07, 6.45) is 2.78. The van der Waals surface area contributed by atoms with Crippen molar-refractivity contribution in [2.24, 2.45) is 0 Å². The van der Waals surface area contributed by atoms with Crippen LogP contribution >= 0.6 is 0 Å². The molecule has 0 N–H and O–H groups in total. The number of rotatable bonds is 6. The quantitative estimate of drug-likeness (QED) is 0.745. The molecule has 0 amide bonds. The van der Waals surface area contributed by atoms with E-state index in [0.29, 0.717) is 18.2 Å². The highest BCUT2D eigenvalue weighted by atomic mass is 16.1. The van der Waals surface area contributed by atoms with Gasteiger partial charge in [-0.2, -0.15) is 0 Å². The maximum absolute atomic E-state index is 11.3. The van der Waals surface area contributed by atoms with E-state index in [4.69, 9.17) is 0 Å². The van der Waals surface area contributed by atoms with E-state index in [-0.39, 0.29) is 5.41 Å². The van der Waals surface area contributed by atoms with Crippen LogP contribution in [0.5, 0.6) is 0 Å². The molecule has 0 bridgehead atoms. The third-order valence-corrected chi connectivity index (χ3v) is 4.44. The number of nitrogens with zero attached hydrogens (tertiary/aromatic N) is 3. The van der Waals surface area contributed by atoms with Crippen LogP contribution in [-0.4, -0.2) is 21.3 Å². The normalized spacial score (nSPS) is 11.9. The molecule has 1 aromatic carbocycles. The lowest BCUT2D eigenvalue weighted by molar-refractivity contribution is 0.111. The Morgan fingerprint density at radius 2 is 1.74 bits per heavy atom. The molecule has 1 heterocycles. The van der Waals surface area contributed by atoms with Crippen molar-refractivity contribution >= 4 is 6.29 Å². The molecule has 1 aromatic heterocycles. The second-order valence-corrected chi connectivity index (χ2v) is 7.10. The molecule has 0 aliphatic rings. The minimum atomic E-state index is 0.150. The van der Waals surface area contributed by atoms with Crippen LogP contribution in [0.1, 0.15) is 80.7 Å². The van der Waals surface area contributed by atoms with Crippen LogP contribution in [0.4, 0.5) is 0 Å². The highest BCUT2D eigenvalue weighted by Crippen LogP contribution is 2.26. The smallest absolute Gasteiger partial charge is 0.172 e. The van der Waals surface area contributed by atoms with E-state index < -0.39 is 0 Å². The van der Waals surface area contributed by atoms with Crippen molar-refractivity contribution < 1.29 is 4.79 Å². The van der Waals surface area contributed by atoms with Crippen molar-refractivity contribution in [3.63, 3.8) is 0 Å². The summed E-state index contributed by atoms with van der Waals surface area (Å²) in [7, 11) is 0. The minimum absolute atomic E-state index is 0.150. The number of aldehydes is 1. The Balaban J connectivity index is 2.30. The predicted molar refractivity (Wildman–Crippen MR) is 93.0 cm³/mol. The molecule has 0 aliphatic heterocycles. The SMILES string of the molecule is CCC(CC)c1c(C=O)nnn1Cc1ccc(C(C)(C)C)cc1. The van der Waals surface area contributed by atoms with Crippen molar-refractivity contribution in [3.8, 4) is 0 Å². The molecule has 0 saturated heterocycles. The van der Waals surface area contributed by atoms with E-state index in [2.05, 4.69) is 69.2 Å².